The van der Waals surface area contributed by atoms with Crippen LogP contribution in [0.3, 0.4) is 0 Å². The lowest BCUT2D eigenvalue weighted by atomic mass is 10.2. The summed E-state index contributed by atoms with van der Waals surface area (Å²) in [6, 6.07) is 1.21. The molecule has 0 bridgehead atoms. The van der Waals surface area contributed by atoms with Crippen LogP contribution < -0.4 is 0 Å². The minimum absolute atomic E-state index is 0.158. The first-order valence-corrected chi connectivity index (χ1v) is 9.56. The minimum Gasteiger partial charge on any atom is -0.459 e. The van der Waals surface area contributed by atoms with Gasteiger partial charge in [0.05, 0.1) is 20.6 Å². The fourth-order valence-corrected chi connectivity index (χ4v) is 3.49. The maximum atomic E-state index is 12.6. The standard InChI is InChI=1S/C13H14F3NO7S2/c1-12(2,3)24-11(18)7-25(21)10-5-4-8(6-9(10)17(19)20)26(22,23)13(14,15)16/h4-6H,7H2,1-3H3/t25-/m1/s1. The molecule has 8 nitrogen and oxygen atoms in total. The molecule has 0 heterocycles. The van der Waals surface area contributed by atoms with Crippen molar-refractivity contribution < 1.29 is 40.3 Å². The lowest BCUT2D eigenvalue weighted by Gasteiger charge is -2.19. The van der Waals surface area contributed by atoms with Crippen molar-refractivity contribution in [1.82, 2.24) is 0 Å². The first-order valence-electron chi connectivity index (χ1n) is 6.76. The quantitative estimate of drug-likeness (QED) is 0.409. The molecule has 0 radical (unpaired) electrons. The highest BCUT2D eigenvalue weighted by Gasteiger charge is 2.47. The number of benzene rings is 1. The van der Waals surface area contributed by atoms with Crippen molar-refractivity contribution in [2.24, 2.45) is 0 Å². The molecule has 0 spiro atoms. The van der Waals surface area contributed by atoms with Crippen molar-refractivity contribution in [1.29, 1.82) is 0 Å². The van der Waals surface area contributed by atoms with E-state index in [9.17, 15) is 40.7 Å². The summed E-state index contributed by atoms with van der Waals surface area (Å²) in [5, 5.41) is 11.0. The lowest BCUT2D eigenvalue weighted by Crippen LogP contribution is -2.27. The highest BCUT2D eigenvalue weighted by atomic mass is 32.2. The molecule has 1 aromatic rings. The summed E-state index contributed by atoms with van der Waals surface area (Å²) in [5.41, 5.74) is -7.67. The van der Waals surface area contributed by atoms with Crippen LogP contribution in [0, 0.1) is 10.1 Å². The second-order valence-corrected chi connectivity index (χ2v) is 9.27. The van der Waals surface area contributed by atoms with Crippen LogP contribution in [0.15, 0.2) is 28.0 Å². The Morgan fingerprint density at radius 3 is 2.23 bits per heavy atom. The third-order valence-electron chi connectivity index (χ3n) is 2.66. The Kier molecular flexibility index (Phi) is 6.19. The van der Waals surface area contributed by atoms with E-state index < -0.39 is 63.9 Å². The molecule has 0 unspecified atom stereocenters. The molecule has 0 aliphatic rings. The zero-order valence-electron chi connectivity index (χ0n) is 13.7. The molecule has 1 aromatic carbocycles. The van der Waals surface area contributed by atoms with Crippen LogP contribution in [-0.2, 0) is 30.2 Å². The molecule has 0 aliphatic heterocycles. The first kappa shape index (κ1) is 22.0. The molecule has 0 N–H and O–H groups in total. The fourth-order valence-electron chi connectivity index (χ4n) is 1.69. The second-order valence-electron chi connectivity index (χ2n) is 5.91. The van der Waals surface area contributed by atoms with Crippen molar-refractivity contribution in [2.45, 2.75) is 41.7 Å². The molecule has 0 amide bonds. The first-order chi connectivity index (χ1) is 11.6. The Hall–Kier alpha value is -2.02. The topological polar surface area (TPSA) is 121 Å². The fraction of sp³-hybridized carbons (Fsp3) is 0.462. The molecule has 13 heteroatoms. The number of ether oxygens (including phenoxy) is 1. The van der Waals surface area contributed by atoms with Crippen molar-refractivity contribution in [3.8, 4) is 0 Å². The van der Waals surface area contributed by atoms with E-state index in [-0.39, 0.29) is 6.07 Å². The highest BCUT2D eigenvalue weighted by molar-refractivity contribution is 7.92. The van der Waals surface area contributed by atoms with E-state index in [1.54, 1.807) is 0 Å². The van der Waals surface area contributed by atoms with Crippen molar-refractivity contribution in [3.05, 3.63) is 28.3 Å². The number of nitrogens with zero attached hydrogens (tertiary/aromatic N) is 1. The molecule has 0 aliphatic carbocycles. The Balaban J connectivity index is 3.28. The van der Waals surface area contributed by atoms with Gasteiger partial charge in [-0.3, -0.25) is 19.1 Å². The third kappa shape index (κ3) is 5.24. The Labute approximate surface area is 148 Å². The number of carbonyl (C=O) groups is 1. The SMILES string of the molecule is CC(C)(C)OC(=O)C[S@@](=O)c1ccc(S(=O)(=O)C(F)(F)F)cc1[N+](=O)[O-]. The van der Waals surface area contributed by atoms with Gasteiger partial charge in [-0.05, 0) is 32.9 Å². The molecule has 1 rings (SSSR count). The Morgan fingerprint density at radius 1 is 1.27 bits per heavy atom. The van der Waals surface area contributed by atoms with E-state index in [0.29, 0.717) is 12.1 Å². The van der Waals surface area contributed by atoms with E-state index in [1.807, 2.05) is 0 Å². The zero-order chi connectivity index (χ0) is 20.5. The zero-order valence-corrected chi connectivity index (χ0v) is 15.3. The molecule has 1 atom stereocenters. The van der Waals surface area contributed by atoms with Gasteiger partial charge in [0.2, 0.25) is 0 Å². The van der Waals surface area contributed by atoms with Gasteiger partial charge in [0.25, 0.3) is 15.5 Å². The van der Waals surface area contributed by atoms with E-state index in [4.69, 9.17) is 4.74 Å². The van der Waals surface area contributed by atoms with Gasteiger partial charge in [-0.1, -0.05) is 0 Å². The molecule has 0 saturated heterocycles. The van der Waals surface area contributed by atoms with Crippen molar-refractivity contribution in [3.63, 3.8) is 0 Å². The lowest BCUT2D eigenvalue weighted by molar-refractivity contribution is -0.388. The number of esters is 1. The van der Waals surface area contributed by atoms with Gasteiger partial charge in [0, 0.05) is 6.07 Å². The van der Waals surface area contributed by atoms with Crippen LogP contribution in [0.4, 0.5) is 18.9 Å². The average Bonchev–Trinajstić information content (AvgIpc) is 2.42. The molecular weight excluding hydrogens is 403 g/mol. The summed E-state index contributed by atoms with van der Waals surface area (Å²) >= 11 is 0. The van der Waals surface area contributed by atoms with Gasteiger partial charge >= 0.3 is 11.5 Å². The van der Waals surface area contributed by atoms with E-state index in [1.165, 1.54) is 20.8 Å². The summed E-state index contributed by atoms with van der Waals surface area (Å²) in [6.07, 6.45) is 0. The maximum Gasteiger partial charge on any atom is 0.501 e. The van der Waals surface area contributed by atoms with Gasteiger partial charge in [-0.2, -0.15) is 13.2 Å². The predicted molar refractivity (Wildman–Crippen MR) is 83.5 cm³/mol. The smallest absolute Gasteiger partial charge is 0.459 e. The van der Waals surface area contributed by atoms with Crippen molar-refractivity contribution >= 4 is 32.3 Å². The van der Waals surface area contributed by atoms with Crippen LogP contribution in [0.25, 0.3) is 0 Å². The summed E-state index contributed by atoms with van der Waals surface area (Å²) < 4.78 is 77.4. The number of alkyl halides is 3. The van der Waals surface area contributed by atoms with Gasteiger partial charge < -0.3 is 4.74 Å². The van der Waals surface area contributed by atoms with E-state index in [2.05, 4.69) is 0 Å². The van der Waals surface area contributed by atoms with E-state index >= 15 is 0 Å². The summed E-state index contributed by atoms with van der Waals surface area (Å²) in [6.45, 7) is 4.60. The molecule has 26 heavy (non-hydrogen) atoms. The molecule has 146 valence electrons. The van der Waals surface area contributed by atoms with Gasteiger partial charge in [-0.25, -0.2) is 8.42 Å². The number of nitro groups is 1. The number of rotatable bonds is 5. The van der Waals surface area contributed by atoms with Crippen LogP contribution in [0.2, 0.25) is 0 Å². The van der Waals surface area contributed by atoms with E-state index in [0.717, 1.165) is 0 Å². The Morgan fingerprint density at radius 2 is 1.81 bits per heavy atom. The largest absolute Gasteiger partial charge is 0.501 e. The normalized spacial score (nSPS) is 13.9. The van der Waals surface area contributed by atoms with Crippen LogP contribution in [-0.4, -0.2) is 40.4 Å². The maximum absolute atomic E-state index is 12.6. The molecule has 0 saturated carbocycles. The number of hydrogen-bond donors (Lipinski definition) is 0. The van der Waals surface area contributed by atoms with Gasteiger partial charge in [0.15, 0.2) is 0 Å². The predicted octanol–water partition coefficient (Wildman–Crippen LogP) is 2.34. The van der Waals surface area contributed by atoms with Crippen LogP contribution >= 0.6 is 0 Å². The summed E-state index contributed by atoms with van der Waals surface area (Å²) in [4.78, 5) is 19.6. The monoisotopic (exact) mass is 417 g/mol. The molecule has 0 aromatic heterocycles. The minimum atomic E-state index is -5.82. The highest BCUT2D eigenvalue weighted by Crippen LogP contribution is 2.34. The molecular formula is C13H14F3NO7S2. The van der Waals surface area contributed by atoms with Gasteiger partial charge in [0.1, 0.15) is 16.2 Å². The average molecular weight is 417 g/mol. The summed E-state index contributed by atoms with van der Waals surface area (Å²) in [7, 11) is -8.15. The number of carbonyl (C=O) groups excluding carboxylic acids is 1. The number of sulfone groups is 1. The number of halogens is 3. The van der Waals surface area contributed by atoms with Crippen LogP contribution in [0.1, 0.15) is 20.8 Å². The number of hydrogen-bond acceptors (Lipinski definition) is 7. The number of nitro benzene ring substituents is 1. The Bertz CT molecular complexity index is 857. The van der Waals surface area contributed by atoms with Gasteiger partial charge in [-0.15, -0.1) is 0 Å². The second kappa shape index (κ2) is 7.31. The van der Waals surface area contributed by atoms with Crippen molar-refractivity contribution in [2.75, 3.05) is 5.75 Å². The van der Waals surface area contributed by atoms with Crippen LogP contribution in [0.5, 0.6) is 0 Å². The third-order valence-corrected chi connectivity index (χ3v) is 5.47. The summed E-state index contributed by atoms with van der Waals surface area (Å²) in [5.74, 6) is -1.74. The molecule has 0 fully saturated rings.